The molecule has 1 aliphatic carbocycles. The molecular formula is C14H16FN3OS. The SMILES string of the molecule is OCCCSc1nnc(-c2ccccc2F)n1C1CC1. The Kier molecular flexibility index (Phi) is 4.03. The lowest BCUT2D eigenvalue weighted by Gasteiger charge is -2.09. The minimum absolute atomic E-state index is 0.171. The van der Waals surface area contributed by atoms with Crippen molar-refractivity contribution in [3.8, 4) is 11.4 Å². The highest BCUT2D eigenvalue weighted by atomic mass is 32.2. The molecule has 20 heavy (non-hydrogen) atoms. The van der Waals surface area contributed by atoms with Gasteiger partial charge in [-0.3, -0.25) is 4.57 Å². The molecule has 2 aromatic rings. The fourth-order valence-corrected chi connectivity index (χ4v) is 3.02. The van der Waals surface area contributed by atoms with Crippen LogP contribution in [0, 0.1) is 5.82 Å². The third-order valence-corrected chi connectivity index (χ3v) is 4.25. The highest BCUT2D eigenvalue weighted by molar-refractivity contribution is 7.99. The van der Waals surface area contributed by atoms with Gasteiger partial charge in [0.25, 0.3) is 0 Å². The van der Waals surface area contributed by atoms with Gasteiger partial charge in [0.15, 0.2) is 11.0 Å². The lowest BCUT2D eigenvalue weighted by atomic mass is 10.2. The summed E-state index contributed by atoms with van der Waals surface area (Å²) in [5, 5.41) is 18.0. The van der Waals surface area contributed by atoms with E-state index in [1.165, 1.54) is 6.07 Å². The fraction of sp³-hybridized carbons (Fsp3) is 0.429. The Labute approximate surface area is 121 Å². The van der Waals surface area contributed by atoms with Crippen molar-refractivity contribution in [3.05, 3.63) is 30.1 Å². The number of halogens is 1. The van der Waals surface area contributed by atoms with Gasteiger partial charge in [-0.05, 0) is 31.4 Å². The molecule has 0 atom stereocenters. The van der Waals surface area contributed by atoms with Crippen LogP contribution in [-0.4, -0.2) is 32.2 Å². The summed E-state index contributed by atoms with van der Waals surface area (Å²) in [5.41, 5.74) is 0.501. The van der Waals surface area contributed by atoms with Crippen LogP contribution in [0.5, 0.6) is 0 Å². The first kappa shape index (κ1) is 13.6. The van der Waals surface area contributed by atoms with Gasteiger partial charge in [-0.2, -0.15) is 0 Å². The van der Waals surface area contributed by atoms with Crippen molar-refractivity contribution < 1.29 is 9.50 Å². The molecule has 1 aromatic carbocycles. The van der Waals surface area contributed by atoms with Crippen LogP contribution in [0.15, 0.2) is 29.4 Å². The second kappa shape index (κ2) is 5.93. The predicted molar refractivity (Wildman–Crippen MR) is 76.1 cm³/mol. The normalized spacial score (nSPS) is 14.7. The summed E-state index contributed by atoms with van der Waals surface area (Å²) in [4.78, 5) is 0. The zero-order chi connectivity index (χ0) is 13.9. The van der Waals surface area contributed by atoms with E-state index in [1.807, 2.05) is 10.6 Å². The van der Waals surface area contributed by atoms with Crippen molar-refractivity contribution in [2.24, 2.45) is 0 Å². The van der Waals surface area contributed by atoms with E-state index in [2.05, 4.69) is 10.2 Å². The minimum atomic E-state index is -0.270. The number of aliphatic hydroxyl groups is 1. The summed E-state index contributed by atoms with van der Waals surface area (Å²) >= 11 is 1.57. The first-order valence-corrected chi connectivity index (χ1v) is 7.73. The molecule has 0 aliphatic heterocycles. The van der Waals surface area contributed by atoms with Crippen LogP contribution in [0.25, 0.3) is 11.4 Å². The molecule has 0 amide bonds. The van der Waals surface area contributed by atoms with Crippen LogP contribution in [0.4, 0.5) is 4.39 Å². The smallest absolute Gasteiger partial charge is 0.191 e. The van der Waals surface area contributed by atoms with Crippen LogP contribution < -0.4 is 0 Å². The Morgan fingerprint density at radius 1 is 1.30 bits per heavy atom. The van der Waals surface area contributed by atoms with Crippen molar-refractivity contribution in [2.75, 3.05) is 12.4 Å². The monoisotopic (exact) mass is 293 g/mol. The number of aromatic nitrogens is 3. The lowest BCUT2D eigenvalue weighted by Crippen LogP contribution is -2.01. The van der Waals surface area contributed by atoms with Gasteiger partial charge in [-0.1, -0.05) is 23.9 Å². The van der Waals surface area contributed by atoms with E-state index in [0.717, 1.165) is 30.2 Å². The molecule has 0 spiro atoms. The summed E-state index contributed by atoms with van der Waals surface area (Å²) in [6.45, 7) is 0.171. The van der Waals surface area contributed by atoms with E-state index < -0.39 is 0 Å². The minimum Gasteiger partial charge on any atom is -0.396 e. The van der Waals surface area contributed by atoms with E-state index in [9.17, 15) is 4.39 Å². The molecule has 6 heteroatoms. The first-order valence-electron chi connectivity index (χ1n) is 6.74. The molecule has 0 saturated heterocycles. The fourth-order valence-electron chi connectivity index (χ4n) is 2.09. The molecule has 1 heterocycles. The van der Waals surface area contributed by atoms with Crippen LogP contribution in [0.1, 0.15) is 25.3 Å². The number of benzene rings is 1. The maximum Gasteiger partial charge on any atom is 0.191 e. The molecule has 0 bridgehead atoms. The third kappa shape index (κ3) is 2.71. The summed E-state index contributed by atoms with van der Waals surface area (Å²) in [6.07, 6.45) is 2.90. The molecule has 1 saturated carbocycles. The summed E-state index contributed by atoms with van der Waals surface area (Å²) in [7, 11) is 0. The molecule has 1 aromatic heterocycles. The van der Waals surface area contributed by atoms with Gasteiger partial charge in [0.2, 0.25) is 0 Å². The van der Waals surface area contributed by atoms with E-state index in [4.69, 9.17) is 5.11 Å². The predicted octanol–water partition coefficient (Wildman–Crippen LogP) is 2.89. The Morgan fingerprint density at radius 2 is 2.10 bits per heavy atom. The van der Waals surface area contributed by atoms with Crippen LogP contribution in [0.3, 0.4) is 0 Å². The topological polar surface area (TPSA) is 50.9 Å². The van der Waals surface area contributed by atoms with Crippen molar-refractivity contribution in [1.29, 1.82) is 0 Å². The van der Waals surface area contributed by atoms with Crippen molar-refractivity contribution in [2.45, 2.75) is 30.5 Å². The van der Waals surface area contributed by atoms with Gasteiger partial charge in [0.05, 0.1) is 5.56 Å². The van der Waals surface area contributed by atoms with Gasteiger partial charge in [-0.25, -0.2) is 4.39 Å². The molecule has 106 valence electrons. The number of hydrogen-bond donors (Lipinski definition) is 1. The summed E-state index contributed by atoms with van der Waals surface area (Å²) < 4.78 is 16.0. The number of thioether (sulfide) groups is 1. The number of rotatable bonds is 6. The van der Waals surface area contributed by atoms with E-state index in [-0.39, 0.29) is 12.4 Å². The molecule has 3 rings (SSSR count). The van der Waals surface area contributed by atoms with Gasteiger partial charge in [-0.15, -0.1) is 10.2 Å². The molecule has 4 nitrogen and oxygen atoms in total. The van der Waals surface area contributed by atoms with Crippen molar-refractivity contribution in [3.63, 3.8) is 0 Å². The lowest BCUT2D eigenvalue weighted by molar-refractivity contribution is 0.296. The third-order valence-electron chi connectivity index (χ3n) is 3.22. The summed E-state index contributed by atoms with van der Waals surface area (Å²) in [5.74, 6) is 1.13. The van der Waals surface area contributed by atoms with Gasteiger partial charge in [0.1, 0.15) is 5.82 Å². The average molecular weight is 293 g/mol. The second-order valence-corrected chi connectivity index (χ2v) is 5.87. The Hall–Kier alpha value is -1.40. The van der Waals surface area contributed by atoms with E-state index >= 15 is 0 Å². The Morgan fingerprint density at radius 3 is 2.80 bits per heavy atom. The molecule has 0 radical (unpaired) electrons. The van der Waals surface area contributed by atoms with E-state index in [1.54, 1.807) is 23.9 Å². The maximum absolute atomic E-state index is 13.9. The van der Waals surface area contributed by atoms with Gasteiger partial charge >= 0.3 is 0 Å². The van der Waals surface area contributed by atoms with Gasteiger partial charge in [0, 0.05) is 18.4 Å². The Bertz CT molecular complexity index is 598. The zero-order valence-electron chi connectivity index (χ0n) is 11.0. The van der Waals surface area contributed by atoms with Crippen LogP contribution >= 0.6 is 11.8 Å². The van der Waals surface area contributed by atoms with Gasteiger partial charge < -0.3 is 5.11 Å². The average Bonchev–Trinajstić information content (AvgIpc) is 3.21. The van der Waals surface area contributed by atoms with Crippen molar-refractivity contribution >= 4 is 11.8 Å². The largest absolute Gasteiger partial charge is 0.396 e. The number of aliphatic hydroxyl groups excluding tert-OH is 1. The van der Waals surface area contributed by atoms with E-state index in [0.29, 0.717) is 17.4 Å². The second-order valence-electron chi connectivity index (χ2n) is 4.81. The number of hydrogen-bond acceptors (Lipinski definition) is 4. The molecule has 1 N–H and O–H groups in total. The highest BCUT2D eigenvalue weighted by Crippen LogP contribution is 2.41. The highest BCUT2D eigenvalue weighted by Gasteiger charge is 2.30. The molecule has 1 fully saturated rings. The quantitative estimate of drug-likeness (QED) is 0.657. The first-order chi connectivity index (χ1) is 9.81. The molecule has 1 aliphatic rings. The standard InChI is InChI=1S/C14H16FN3OS/c15-12-5-2-1-4-11(12)13-16-17-14(20-9-3-8-19)18(13)10-6-7-10/h1-2,4-5,10,19H,3,6-9H2. The molecule has 0 unspecified atom stereocenters. The Balaban J connectivity index is 1.93. The number of nitrogens with zero attached hydrogens (tertiary/aromatic N) is 3. The zero-order valence-corrected chi connectivity index (χ0v) is 11.8. The summed E-state index contributed by atoms with van der Waals surface area (Å²) in [6, 6.07) is 7.05. The van der Waals surface area contributed by atoms with Crippen LogP contribution in [-0.2, 0) is 0 Å². The molecular weight excluding hydrogens is 277 g/mol. The maximum atomic E-state index is 13.9. The van der Waals surface area contributed by atoms with Crippen LogP contribution in [0.2, 0.25) is 0 Å². The van der Waals surface area contributed by atoms with Crippen molar-refractivity contribution in [1.82, 2.24) is 14.8 Å².